The predicted octanol–water partition coefficient (Wildman–Crippen LogP) is 4.57. The van der Waals surface area contributed by atoms with E-state index in [4.69, 9.17) is 9.13 Å². The van der Waals surface area contributed by atoms with Gasteiger partial charge in [-0.05, 0) is 74.0 Å². The summed E-state index contributed by atoms with van der Waals surface area (Å²) < 4.78 is 24.1. The van der Waals surface area contributed by atoms with Gasteiger partial charge < -0.3 is 9.64 Å². The number of hydrogen-bond donors (Lipinski definition) is 0. The largest absolute Gasteiger partial charge is 0.493 e. The van der Waals surface area contributed by atoms with Gasteiger partial charge in [-0.1, -0.05) is 0 Å². The first kappa shape index (κ1) is 17.0. The molecule has 2 aromatic rings. The van der Waals surface area contributed by atoms with E-state index in [0.717, 1.165) is 29.3 Å². The molecule has 27 heavy (non-hydrogen) atoms. The lowest BCUT2D eigenvalue weighted by atomic mass is 9.67. The van der Waals surface area contributed by atoms with Gasteiger partial charge in [0, 0.05) is 23.9 Å². The standard InChI is InChI=1S/C21H22FN3OS/c22-16-3-6-19(23-13-16)15-1-4-18(5-2-15)26-14-21-9-7-17(8-10-21)25-11-12-27-24-20(21)25/h1-6,13,17H,7-12,14H2. The van der Waals surface area contributed by atoms with Crippen LogP contribution in [0, 0.1) is 11.2 Å². The number of fused-ring (bicyclic) bond motifs is 2. The van der Waals surface area contributed by atoms with Gasteiger partial charge >= 0.3 is 0 Å². The first-order valence-electron chi connectivity index (χ1n) is 9.55. The van der Waals surface area contributed by atoms with Crippen LogP contribution in [-0.4, -0.2) is 40.7 Å². The lowest BCUT2D eigenvalue weighted by Gasteiger charge is -2.55. The quantitative estimate of drug-likeness (QED) is 0.725. The molecule has 0 amide bonds. The van der Waals surface area contributed by atoms with Crippen molar-refractivity contribution in [1.82, 2.24) is 9.88 Å². The number of nitrogens with zero attached hydrogens (tertiary/aromatic N) is 3. The number of hydrogen-bond acceptors (Lipinski definition) is 5. The Morgan fingerprint density at radius 3 is 2.70 bits per heavy atom. The average molecular weight is 383 g/mol. The van der Waals surface area contributed by atoms with Gasteiger partial charge in [-0.25, -0.2) is 8.79 Å². The molecule has 1 saturated carbocycles. The summed E-state index contributed by atoms with van der Waals surface area (Å²) in [5.74, 6) is 2.90. The molecule has 4 aliphatic rings. The molecule has 2 bridgehead atoms. The predicted molar refractivity (Wildman–Crippen MR) is 106 cm³/mol. The molecule has 3 aliphatic heterocycles. The minimum Gasteiger partial charge on any atom is -0.493 e. The highest BCUT2D eigenvalue weighted by Gasteiger charge is 2.51. The van der Waals surface area contributed by atoms with Gasteiger partial charge in [0.2, 0.25) is 0 Å². The molecule has 3 fully saturated rings. The number of aromatic nitrogens is 1. The summed E-state index contributed by atoms with van der Waals surface area (Å²) >= 11 is 1.70. The molecule has 1 aliphatic carbocycles. The van der Waals surface area contributed by atoms with Crippen molar-refractivity contribution in [1.29, 1.82) is 0 Å². The smallest absolute Gasteiger partial charge is 0.141 e. The van der Waals surface area contributed by atoms with Crippen LogP contribution in [0.2, 0.25) is 0 Å². The Labute approximate surface area is 163 Å². The summed E-state index contributed by atoms with van der Waals surface area (Å²) in [6.07, 6.45) is 6.09. The van der Waals surface area contributed by atoms with Crippen LogP contribution < -0.4 is 4.74 Å². The third kappa shape index (κ3) is 3.10. The molecule has 0 N–H and O–H groups in total. The first-order valence-corrected chi connectivity index (χ1v) is 10.5. The number of rotatable bonds is 4. The lowest BCUT2D eigenvalue weighted by molar-refractivity contribution is 0.0662. The molecule has 0 radical (unpaired) electrons. The van der Waals surface area contributed by atoms with Crippen molar-refractivity contribution in [2.75, 3.05) is 18.9 Å². The van der Waals surface area contributed by atoms with Crippen LogP contribution in [0.1, 0.15) is 25.7 Å². The van der Waals surface area contributed by atoms with E-state index in [-0.39, 0.29) is 11.2 Å². The fourth-order valence-electron chi connectivity index (χ4n) is 4.55. The summed E-state index contributed by atoms with van der Waals surface area (Å²) in [4.78, 5) is 6.67. The van der Waals surface area contributed by atoms with E-state index >= 15 is 0 Å². The number of halogens is 1. The lowest BCUT2D eigenvalue weighted by Crippen LogP contribution is -2.61. The van der Waals surface area contributed by atoms with E-state index in [2.05, 4.69) is 9.88 Å². The highest BCUT2D eigenvalue weighted by atomic mass is 32.2. The number of ether oxygens (including phenoxy) is 1. The molecular formula is C21H22FN3OS. The van der Waals surface area contributed by atoms with E-state index < -0.39 is 0 Å². The fraction of sp³-hybridized carbons (Fsp3) is 0.429. The van der Waals surface area contributed by atoms with Crippen molar-refractivity contribution in [3.8, 4) is 17.0 Å². The molecule has 140 valence electrons. The van der Waals surface area contributed by atoms with Crippen molar-refractivity contribution < 1.29 is 9.13 Å². The molecule has 4 heterocycles. The molecule has 1 aromatic heterocycles. The molecule has 1 aromatic carbocycles. The Morgan fingerprint density at radius 2 is 1.96 bits per heavy atom. The van der Waals surface area contributed by atoms with Crippen LogP contribution in [0.25, 0.3) is 11.3 Å². The second-order valence-corrected chi connectivity index (χ2v) is 8.48. The Hall–Kier alpha value is -2.08. The monoisotopic (exact) mass is 383 g/mol. The fourth-order valence-corrected chi connectivity index (χ4v) is 5.34. The van der Waals surface area contributed by atoms with Gasteiger partial charge in [0.25, 0.3) is 0 Å². The number of piperidine rings is 2. The van der Waals surface area contributed by atoms with Crippen LogP contribution >= 0.6 is 11.9 Å². The zero-order valence-electron chi connectivity index (χ0n) is 15.1. The summed E-state index contributed by atoms with van der Waals surface area (Å²) in [5, 5.41) is 0. The Morgan fingerprint density at radius 1 is 1.15 bits per heavy atom. The molecular weight excluding hydrogens is 361 g/mol. The number of pyridine rings is 1. The van der Waals surface area contributed by atoms with Crippen molar-refractivity contribution in [3.05, 3.63) is 48.4 Å². The normalized spacial score (nSPS) is 26.5. The van der Waals surface area contributed by atoms with Crippen molar-refractivity contribution in [2.24, 2.45) is 9.81 Å². The Bertz CT molecular complexity index is 845. The van der Waals surface area contributed by atoms with Crippen LogP contribution in [0.4, 0.5) is 4.39 Å². The van der Waals surface area contributed by atoms with Gasteiger partial charge in [0.05, 0.1) is 17.3 Å². The molecule has 2 saturated heterocycles. The molecule has 6 rings (SSSR count). The summed E-state index contributed by atoms with van der Waals surface area (Å²) in [6, 6.07) is 11.7. The van der Waals surface area contributed by atoms with Gasteiger partial charge in [-0.15, -0.1) is 0 Å². The summed E-state index contributed by atoms with van der Waals surface area (Å²) in [7, 11) is 0. The third-order valence-corrected chi connectivity index (χ3v) is 6.73. The highest BCUT2D eigenvalue weighted by molar-refractivity contribution is 7.98. The van der Waals surface area contributed by atoms with Gasteiger partial charge in [0.15, 0.2) is 0 Å². The maximum atomic E-state index is 13.0. The summed E-state index contributed by atoms with van der Waals surface area (Å²) in [5.41, 5.74) is 1.79. The van der Waals surface area contributed by atoms with Crippen molar-refractivity contribution in [3.63, 3.8) is 0 Å². The van der Waals surface area contributed by atoms with Gasteiger partial charge in [-0.3, -0.25) is 4.98 Å². The molecule has 6 heteroatoms. The van der Waals surface area contributed by atoms with Crippen molar-refractivity contribution in [2.45, 2.75) is 31.7 Å². The minimum absolute atomic E-state index is 0.0688. The Balaban J connectivity index is 1.31. The SMILES string of the molecule is Fc1ccc(-c2ccc(OCC34CCC(CC3)N3CCSN=C34)cc2)nc1. The van der Waals surface area contributed by atoms with Crippen LogP contribution in [0.3, 0.4) is 0 Å². The number of amidine groups is 1. The topological polar surface area (TPSA) is 37.7 Å². The third-order valence-electron chi connectivity index (χ3n) is 6.07. The van der Waals surface area contributed by atoms with Gasteiger partial charge in [0.1, 0.15) is 24.0 Å². The molecule has 0 unspecified atom stereocenters. The zero-order chi connectivity index (χ0) is 18.3. The maximum absolute atomic E-state index is 13.0. The van der Waals surface area contributed by atoms with E-state index in [9.17, 15) is 4.39 Å². The Kier molecular flexibility index (Phi) is 4.31. The first-order chi connectivity index (χ1) is 13.2. The maximum Gasteiger partial charge on any atom is 0.141 e. The highest BCUT2D eigenvalue weighted by Crippen LogP contribution is 2.48. The van der Waals surface area contributed by atoms with Crippen LogP contribution in [-0.2, 0) is 0 Å². The van der Waals surface area contributed by atoms with Crippen molar-refractivity contribution >= 4 is 17.8 Å². The minimum atomic E-state index is -0.321. The molecule has 0 atom stereocenters. The van der Waals surface area contributed by atoms with E-state index in [1.807, 2.05) is 24.3 Å². The molecule has 4 nitrogen and oxygen atoms in total. The molecule has 0 spiro atoms. The average Bonchev–Trinajstić information content (AvgIpc) is 2.74. The summed E-state index contributed by atoms with van der Waals surface area (Å²) in [6.45, 7) is 1.80. The van der Waals surface area contributed by atoms with E-state index in [1.54, 1.807) is 18.0 Å². The second-order valence-electron chi connectivity index (χ2n) is 7.63. The second kappa shape index (κ2) is 6.82. The van der Waals surface area contributed by atoms with E-state index in [1.165, 1.54) is 43.8 Å². The van der Waals surface area contributed by atoms with Crippen LogP contribution in [0.15, 0.2) is 47.0 Å². The zero-order valence-corrected chi connectivity index (χ0v) is 15.9. The van der Waals surface area contributed by atoms with Crippen LogP contribution in [0.5, 0.6) is 5.75 Å². The van der Waals surface area contributed by atoms with E-state index in [0.29, 0.717) is 12.6 Å². The van der Waals surface area contributed by atoms with Gasteiger partial charge in [-0.2, -0.15) is 0 Å². The number of benzene rings is 1.